The lowest BCUT2D eigenvalue weighted by atomic mass is 10.0. The molecular formula is C20H23NO3S. The van der Waals surface area contributed by atoms with Crippen LogP contribution in [0.4, 0.5) is 5.69 Å². The van der Waals surface area contributed by atoms with Gasteiger partial charge in [0.05, 0.1) is 12.8 Å². The quantitative estimate of drug-likeness (QED) is 0.610. The highest BCUT2D eigenvalue weighted by atomic mass is 32.1. The minimum absolute atomic E-state index is 0.0286. The second-order valence-electron chi connectivity index (χ2n) is 6.47. The molecule has 5 heteroatoms. The van der Waals surface area contributed by atoms with Crippen LogP contribution in [0.2, 0.25) is 0 Å². The van der Waals surface area contributed by atoms with E-state index >= 15 is 0 Å². The van der Waals surface area contributed by atoms with E-state index in [0.29, 0.717) is 18.2 Å². The Bertz CT molecular complexity index is 787. The monoisotopic (exact) mass is 357 g/mol. The van der Waals surface area contributed by atoms with Crippen LogP contribution in [0.3, 0.4) is 0 Å². The maximum absolute atomic E-state index is 10.5. The summed E-state index contributed by atoms with van der Waals surface area (Å²) < 4.78 is 11.1. The van der Waals surface area contributed by atoms with Gasteiger partial charge in [-0.2, -0.15) is 5.06 Å². The summed E-state index contributed by atoms with van der Waals surface area (Å²) in [6.45, 7) is 4.44. The van der Waals surface area contributed by atoms with Gasteiger partial charge in [-0.1, -0.05) is 35.9 Å². The molecule has 0 heterocycles. The van der Waals surface area contributed by atoms with E-state index in [1.165, 1.54) is 12.7 Å². The molecule has 0 unspecified atom stereocenters. The number of nitrogens with zero attached hydrogens (tertiary/aromatic N) is 1. The first-order chi connectivity index (χ1) is 12.0. The molecule has 0 spiro atoms. The van der Waals surface area contributed by atoms with Crippen molar-refractivity contribution in [3.05, 3.63) is 58.7 Å². The van der Waals surface area contributed by atoms with Crippen molar-refractivity contribution in [1.82, 2.24) is 0 Å². The predicted octanol–water partition coefficient (Wildman–Crippen LogP) is 4.89. The van der Waals surface area contributed by atoms with E-state index in [9.17, 15) is 5.21 Å². The average Bonchev–Trinajstić information content (AvgIpc) is 3.44. The predicted molar refractivity (Wildman–Crippen MR) is 103 cm³/mol. The first-order valence-corrected chi connectivity index (χ1v) is 8.81. The maximum Gasteiger partial charge on any atom is 0.288 e. The Labute approximate surface area is 153 Å². The van der Waals surface area contributed by atoms with Gasteiger partial charge in [-0.05, 0) is 62.0 Å². The van der Waals surface area contributed by atoms with Crippen molar-refractivity contribution in [2.24, 2.45) is 0 Å². The Morgan fingerprint density at radius 2 is 2.00 bits per heavy atom. The minimum Gasteiger partial charge on any atom is -0.489 e. The van der Waals surface area contributed by atoms with Crippen molar-refractivity contribution in [1.29, 1.82) is 0 Å². The number of hydroxylamine groups is 1. The normalized spacial score (nSPS) is 13.4. The number of methoxy groups -OCH3 is 1. The van der Waals surface area contributed by atoms with Gasteiger partial charge in [-0.3, -0.25) is 5.21 Å². The van der Waals surface area contributed by atoms with Gasteiger partial charge in [0.15, 0.2) is 0 Å². The van der Waals surface area contributed by atoms with Crippen LogP contribution in [0, 0.1) is 13.8 Å². The summed E-state index contributed by atoms with van der Waals surface area (Å²) in [5.41, 5.74) is 4.94. The number of hydrogen-bond acceptors (Lipinski definition) is 4. The van der Waals surface area contributed by atoms with E-state index in [2.05, 4.69) is 13.0 Å². The molecule has 3 rings (SSSR count). The molecule has 2 aromatic rings. The largest absolute Gasteiger partial charge is 0.489 e. The highest BCUT2D eigenvalue weighted by Crippen LogP contribution is 2.45. The zero-order valence-electron chi connectivity index (χ0n) is 14.8. The molecule has 0 saturated heterocycles. The molecule has 0 amide bonds. The van der Waals surface area contributed by atoms with E-state index in [-0.39, 0.29) is 5.17 Å². The molecule has 1 N–H and O–H groups in total. The third kappa shape index (κ3) is 3.94. The average molecular weight is 357 g/mol. The molecule has 4 nitrogen and oxygen atoms in total. The first kappa shape index (κ1) is 17.7. The van der Waals surface area contributed by atoms with Crippen LogP contribution in [0.15, 0.2) is 36.4 Å². The molecule has 0 atom stereocenters. The van der Waals surface area contributed by atoms with Gasteiger partial charge < -0.3 is 9.47 Å². The van der Waals surface area contributed by atoms with Crippen molar-refractivity contribution in [3.8, 4) is 5.75 Å². The third-order valence-electron chi connectivity index (χ3n) is 4.44. The van der Waals surface area contributed by atoms with Gasteiger partial charge in [0.1, 0.15) is 12.4 Å². The van der Waals surface area contributed by atoms with E-state index in [1.807, 2.05) is 37.3 Å². The number of aryl methyl sites for hydroxylation is 2. The molecule has 1 fully saturated rings. The smallest absolute Gasteiger partial charge is 0.288 e. The van der Waals surface area contributed by atoms with Crippen molar-refractivity contribution in [2.75, 3.05) is 12.2 Å². The zero-order valence-corrected chi connectivity index (χ0v) is 15.6. The van der Waals surface area contributed by atoms with Gasteiger partial charge in [0.2, 0.25) is 0 Å². The highest BCUT2D eigenvalue weighted by Gasteiger charge is 2.30. The van der Waals surface area contributed by atoms with Gasteiger partial charge in [0, 0.05) is 5.56 Å². The molecule has 0 aliphatic heterocycles. The van der Waals surface area contributed by atoms with Crippen molar-refractivity contribution in [3.63, 3.8) is 0 Å². The second-order valence-corrected chi connectivity index (χ2v) is 6.82. The van der Waals surface area contributed by atoms with Crippen LogP contribution in [0.1, 0.15) is 41.0 Å². The molecule has 0 radical (unpaired) electrons. The lowest BCUT2D eigenvalue weighted by molar-refractivity contribution is 0.263. The van der Waals surface area contributed by atoms with Gasteiger partial charge >= 0.3 is 0 Å². The van der Waals surface area contributed by atoms with Crippen molar-refractivity contribution >= 4 is 23.1 Å². The standard InChI is InChI=1S/C20H23NO3S/c1-13-7-10-18(14(2)11-13)24-12-16-5-4-6-17(15-8-9-15)19(16)21(22)20(25)23-3/h4-7,10-11,15,22H,8-9,12H2,1-3H3. The number of hydrogen-bond donors (Lipinski definition) is 1. The number of ether oxygens (including phenoxy) is 2. The molecule has 2 aromatic carbocycles. The molecule has 0 bridgehead atoms. The molecular weight excluding hydrogens is 334 g/mol. The number of benzene rings is 2. The van der Waals surface area contributed by atoms with Crippen LogP contribution in [0.25, 0.3) is 0 Å². The van der Waals surface area contributed by atoms with Crippen LogP contribution < -0.4 is 9.80 Å². The SMILES string of the molecule is COC(=S)N(O)c1c(COc2ccc(C)cc2C)cccc1C1CC1. The highest BCUT2D eigenvalue weighted by molar-refractivity contribution is 7.80. The Morgan fingerprint density at radius 3 is 2.64 bits per heavy atom. The van der Waals surface area contributed by atoms with Gasteiger partial charge in [0.25, 0.3) is 5.17 Å². The molecule has 1 saturated carbocycles. The third-order valence-corrected chi connectivity index (χ3v) is 4.78. The van der Waals surface area contributed by atoms with E-state index in [0.717, 1.165) is 40.3 Å². The summed E-state index contributed by atoms with van der Waals surface area (Å²) in [4.78, 5) is 0. The molecule has 0 aromatic heterocycles. The van der Waals surface area contributed by atoms with Crippen LogP contribution >= 0.6 is 12.2 Å². The number of thiocarbonyl (C=S) groups is 1. The van der Waals surface area contributed by atoms with Crippen LogP contribution in [-0.4, -0.2) is 17.5 Å². The molecule has 25 heavy (non-hydrogen) atoms. The van der Waals surface area contributed by atoms with E-state index in [1.54, 1.807) is 0 Å². The summed E-state index contributed by atoms with van der Waals surface area (Å²) in [5.74, 6) is 1.30. The number of rotatable bonds is 5. The van der Waals surface area contributed by atoms with Crippen LogP contribution in [0.5, 0.6) is 5.75 Å². The summed E-state index contributed by atoms with van der Waals surface area (Å²) in [7, 11) is 1.46. The lowest BCUT2D eigenvalue weighted by Gasteiger charge is -2.23. The fourth-order valence-corrected chi connectivity index (χ4v) is 3.10. The topological polar surface area (TPSA) is 41.9 Å². The Morgan fingerprint density at radius 1 is 1.24 bits per heavy atom. The van der Waals surface area contributed by atoms with Crippen LogP contribution in [-0.2, 0) is 11.3 Å². The Balaban J connectivity index is 1.89. The second kappa shape index (κ2) is 7.42. The number of para-hydroxylation sites is 1. The summed E-state index contributed by atoms with van der Waals surface area (Å²) >= 11 is 5.11. The summed E-state index contributed by atoms with van der Waals surface area (Å²) in [6, 6.07) is 12.1. The molecule has 132 valence electrons. The zero-order chi connectivity index (χ0) is 18.0. The fraction of sp³-hybridized carbons (Fsp3) is 0.350. The van der Waals surface area contributed by atoms with Crippen molar-refractivity contribution < 1.29 is 14.7 Å². The minimum atomic E-state index is 0.0286. The van der Waals surface area contributed by atoms with Gasteiger partial charge in [-0.25, -0.2) is 0 Å². The van der Waals surface area contributed by atoms with Gasteiger partial charge in [-0.15, -0.1) is 0 Å². The van der Waals surface area contributed by atoms with E-state index in [4.69, 9.17) is 21.7 Å². The first-order valence-electron chi connectivity index (χ1n) is 8.40. The van der Waals surface area contributed by atoms with Crippen molar-refractivity contribution in [2.45, 2.75) is 39.2 Å². The maximum atomic E-state index is 10.5. The fourth-order valence-electron chi connectivity index (χ4n) is 3.00. The Hall–Kier alpha value is -2.11. The summed E-state index contributed by atoms with van der Waals surface area (Å²) in [5, 5.41) is 11.5. The summed E-state index contributed by atoms with van der Waals surface area (Å²) in [6.07, 6.45) is 2.25. The lowest BCUT2D eigenvalue weighted by Crippen LogP contribution is -2.28. The van der Waals surface area contributed by atoms with E-state index < -0.39 is 0 Å². The number of anilines is 1. The molecule has 1 aliphatic carbocycles. The Kier molecular flexibility index (Phi) is 5.25. The molecule has 1 aliphatic rings.